The average Bonchev–Trinajstić information content (AvgIpc) is 3.69. The smallest absolute Gasteiger partial charge is 0.416 e. The number of rotatable bonds is 16. The van der Waals surface area contributed by atoms with Crippen LogP contribution >= 0.6 is 23.1 Å². The van der Waals surface area contributed by atoms with Crippen molar-refractivity contribution in [2.45, 2.75) is 56.2 Å². The van der Waals surface area contributed by atoms with E-state index in [1.54, 1.807) is 27.0 Å². The Bertz CT molecular complexity index is 2160. The lowest BCUT2D eigenvalue weighted by molar-refractivity contribution is -0.165. The Hall–Kier alpha value is -5.14. The molecule has 304 valence electrons. The van der Waals surface area contributed by atoms with Gasteiger partial charge in [0, 0.05) is 25.4 Å². The summed E-state index contributed by atoms with van der Waals surface area (Å²) in [5.74, 6) is -3.58. The summed E-state index contributed by atoms with van der Waals surface area (Å²) in [4.78, 5) is 54.8. The average molecular weight is 833 g/mol. The normalized spacial score (nSPS) is 12.5. The summed E-state index contributed by atoms with van der Waals surface area (Å²) in [6, 6.07) is 20.4. The number of carbonyl (C=O) groups excluding carboxylic acids is 1. The Labute approximate surface area is 332 Å². The van der Waals surface area contributed by atoms with Gasteiger partial charge in [-0.1, -0.05) is 74.1 Å². The number of aliphatic carboxylic acids is 2. The van der Waals surface area contributed by atoms with Crippen LogP contribution in [0.25, 0.3) is 21.3 Å². The van der Waals surface area contributed by atoms with Gasteiger partial charge in [-0.2, -0.15) is 18.2 Å². The van der Waals surface area contributed by atoms with E-state index in [1.165, 1.54) is 47.4 Å². The largest absolute Gasteiger partial charge is 0.479 e. The third-order valence-corrected chi connectivity index (χ3v) is 10.7. The predicted molar refractivity (Wildman–Crippen MR) is 207 cm³/mol. The molecular weight excluding hydrogens is 793 g/mol. The van der Waals surface area contributed by atoms with Gasteiger partial charge >= 0.3 is 18.1 Å². The summed E-state index contributed by atoms with van der Waals surface area (Å²) in [6.45, 7) is 7.25. The monoisotopic (exact) mass is 832 g/mol. The third-order valence-electron chi connectivity index (χ3n) is 8.74. The van der Waals surface area contributed by atoms with Crippen LogP contribution in [0.2, 0.25) is 0 Å². The minimum Gasteiger partial charge on any atom is -0.479 e. The first-order valence-corrected chi connectivity index (χ1v) is 19.3. The zero-order valence-corrected chi connectivity index (χ0v) is 32.4. The number of carboxylic acids is 2. The van der Waals surface area contributed by atoms with Gasteiger partial charge in [0.05, 0.1) is 11.1 Å². The van der Waals surface area contributed by atoms with Crippen molar-refractivity contribution in [2.75, 3.05) is 26.2 Å². The molecule has 0 saturated heterocycles. The molecule has 2 atom stereocenters. The molecule has 5 rings (SSSR count). The molecule has 1 amide bonds. The topological polar surface area (TPSA) is 174 Å². The number of likely N-dealkylation sites (N-methyl/N-ethyl adjacent to an activating group) is 1. The molecule has 4 N–H and O–H groups in total. The van der Waals surface area contributed by atoms with Crippen LogP contribution in [0.15, 0.2) is 94.2 Å². The van der Waals surface area contributed by atoms with E-state index in [9.17, 15) is 36.7 Å². The molecule has 0 aliphatic heterocycles. The van der Waals surface area contributed by atoms with Crippen LogP contribution in [0.1, 0.15) is 30.5 Å². The SMILES string of the molecule is CCN(CC)CCN(Cc1ccc(-c2ccc(C(F)(F)F)cc2)cc1)C(=O)Cn1c(SCc2ccc(F)cc2)nc(=O)c2sccc21.O=C(O)[C@H](O)[C@@H](O)C(=O)O. The first-order chi connectivity index (χ1) is 27.0. The van der Waals surface area contributed by atoms with Crippen molar-refractivity contribution in [2.24, 2.45) is 0 Å². The number of halogens is 4. The number of hydrogen-bond acceptors (Lipinski definition) is 10. The molecule has 12 nitrogen and oxygen atoms in total. The van der Waals surface area contributed by atoms with Crippen LogP contribution in [0.5, 0.6) is 0 Å². The molecule has 3 aromatic carbocycles. The Morgan fingerprint density at radius 1 is 0.825 bits per heavy atom. The number of aliphatic hydroxyl groups is 2. The molecule has 0 aliphatic carbocycles. The standard InChI is InChI=1S/C35H34F4N4O2S2.C4H6O6/c1-3-41(4-2)18-19-42(21-24-5-9-26(10-6-24)27-11-13-28(14-12-27)35(37,38)39)31(44)22-43-30-17-20-46-32(30)33(45)40-34(43)47-23-25-7-15-29(36)16-8-25;5-1(3(7)8)2(6)4(9)10/h5-17,20H,3-4,18-19,21-23H2,1-2H3;1-2,5-6H,(H,7,8)(H,9,10)/t;1-,2-/m.1/s1. The van der Waals surface area contributed by atoms with Gasteiger partial charge in [0.1, 0.15) is 17.1 Å². The highest BCUT2D eigenvalue weighted by Crippen LogP contribution is 2.31. The second-order valence-corrected chi connectivity index (χ2v) is 14.4. The number of thioether (sulfide) groups is 1. The molecule has 18 heteroatoms. The Morgan fingerprint density at radius 2 is 1.37 bits per heavy atom. The lowest BCUT2D eigenvalue weighted by atomic mass is 10.0. The zero-order chi connectivity index (χ0) is 41.9. The van der Waals surface area contributed by atoms with Gasteiger partial charge in [-0.05, 0) is 71.1 Å². The van der Waals surface area contributed by atoms with Gasteiger partial charge in [-0.25, -0.2) is 14.0 Å². The molecule has 0 bridgehead atoms. The Balaban J connectivity index is 0.000000635. The van der Waals surface area contributed by atoms with Gasteiger partial charge < -0.3 is 34.8 Å². The van der Waals surface area contributed by atoms with Crippen molar-refractivity contribution in [3.05, 3.63) is 117 Å². The second-order valence-electron chi connectivity index (χ2n) is 12.5. The van der Waals surface area contributed by atoms with Gasteiger partial charge in [-0.15, -0.1) is 11.3 Å². The molecule has 0 saturated carbocycles. The summed E-state index contributed by atoms with van der Waals surface area (Å²) in [5, 5.41) is 34.7. The fourth-order valence-electron chi connectivity index (χ4n) is 5.44. The van der Waals surface area contributed by atoms with Crippen molar-refractivity contribution in [3.8, 4) is 11.1 Å². The minimum atomic E-state index is -4.40. The lowest BCUT2D eigenvalue weighted by Gasteiger charge is -2.27. The predicted octanol–water partition coefficient (Wildman–Crippen LogP) is 5.82. The number of benzene rings is 3. The fourth-order valence-corrected chi connectivity index (χ4v) is 7.17. The Morgan fingerprint density at radius 3 is 1.89 bits per heavy atom. The van der Waals surface area contributed by atoms with E-state index in [-0.39, 0.29) is 23.8 Å². The van der Waals surface area contributed by atoms with E-state index in [2.05, 4.69) is 23.7 Å². The molecule has 0 unspecified atom stereocenters. The van der Waals surface area contributed by atoms with Crippen molar-refractivity contribution in [1.82, 2.24) is 19.4 Å². The highest BCUT2D eigenvalue weighted by atomic mass is 32.2. The summed E-state index contributed by atoms with van der Waals surface area (Å²) in [7, 11) is 0. The quantitative estimate of drug-likeness (QED) is 0.0536. The summed E-state index contributed by atoms with van der Waals surface area (Å²) in [6.07, 6.45) is -8.93. The number of amides is 1. The van der Waals surface area contributed by atoms with Gasteiger partial charge in [0.25, 0.3) is 5.56 Å². The first kappa shape index (κ1) is 44.6. The molecular formula is C39H40F4N4O8S2. The van der Waals surface area contributed by atoms with Crippen molar-refractivity contribution < 1.29 is 52.4 Å². The number of carboxylic acid groups (broad SMARTS) is 2. The van der Waals surface area contributed by atoms with Crippen molar-refractivity contribution >= 4 is 51.2 Å². The van der Waals surface area contributed by atoms with E-state index in [0.717, 1.165) is 41.9 Å². The minimum absolute atomic E-state index is 0.0336. The van der Waals surface area contributed by atoms with Crippen LogP contribution in [-0.2, 0) is 39.4 Å². The number of nitrogens with zero attached hydrogens (tertiary/aromatic N) is 4. The maximum Gasteiger partial charge on any atom is 0.416 e. The number of hydrogen-bond donors (Lipinski definition) is 4. The number of carbonyl (C=O) groups is 3. The van der Waals surface area contributed by atoms with Crippen LogP contribution in [0, 0.1) is 5.82 Å². The first-order valence-electron chi connectivity index (χ1n) is 17.5. The zero-order valence-electron chi connectivity index (χ0n) is 30.7. The number of thiophene rings is 1. The van der Waals surface area contributed by atoms with Crippen LogP contribution < -0.4 is 5.56 Å². The van der Waals surface area contributed by atoms with Crippen molar-refractivity contribution in [3.63, 3.8) is 0 Å². The highest BCUT2D eigenvalue weighted by Gasteiger charge is 2.30. The van der Waals surface area contributed by atoms with Crippen molar-refractivity contribution in [1.29, 1.82) is 0 Å². The van der Waals surface area contributed by atoms with E-state index in [0.29, 0.717) is 46.3 Å². The third kappa shape index (κ3) is 12.4. The van der Waals surface area contributed by atoms with E-state index >= 15 is 0 Å². The number of aliphatic hydroxyl groups excluding tert-OH is 2. The number of alkyl halides is 3. The van der Waals surface area contributed by atoms with Gasteiger partial charge in [-0.3, -0.25) is 9.59 Å². The molecule has 0 spiro atoms. The molecule has 2 heterocycles. The second kappa shape index (κ2) is 20.3. The Kier molecular flexibility index (Phi) is 15.9. The molecule has 57 heavy (non-hydrogen) atoms. The summed E-state index contributed by atoms with van der Waals surface area (Å²) < 4.78 is 54.7. The van der Waals surface area contributed by atoms with E-state index < -0.39 is 35.9 Å². The van der Waals surface area contributed by atoms with Crippen LogP contribution in [-0.4, -0.2) is 96.0 Å². The highest BCUT2D eigenvalue weighted by molar-refractivity contribution is 7.98. The maximum absolute atomic E-state index is 14.1. The van der Waals surface area contributed by atoms with Crippen LogP contribution in [0.3, 0.4) is 0 Å². The van der Waals surface area contributed by atoms with Gasteiger partial charge in [0.2, 0.25) is 5.91 Å². The molecule has 0 aliphatic rings. The number of fused-ring (bicyclic) bond motifs is 1. The summed E-state index contributed by atoms with van der Waals surface area (Å²) in [5.41, 5.74) is 2.74. The lowest BCUT2D eigenvalue weighted by Crippen LogP contribution is -2.40. The molecule has 0 fully saturated rings. The maximum atomic E-state index is 14.1. The van der Waals surface area contributed by atoms with Gasteiger partial charge in [0.15, 0.2) is 17.4 Å². The summed E-state index contributed by atoms with van der Waals surface area (Å²) >= 11 is 2.59. The van der Waals surface area contributed by atoms with E-state index in [4.69, 9.17) is 20.4 Å². The molecule has 2 aromatic heterocycles. The molecule has 0 radical (unpaired) electrons. The van der Waals surface area contributed by atoms with E-state index in [1.807, 2.05) is 30.3 Å². The van der Waals surface area contributed by atoms with Crippen LogP contribution in [0.4, 0.5) is 17.6 Å². The number of aromatic nitrogens is 2. The molecule has 5 aromatic rings. The fraction of sp³-hybridized carbons (Fsp3) is 0.308.